The van der Waals surface area contributed by atoms with Gasteiger partial charge in [-0.3, -0.25) is 9.59 Å². The van der Waals surface area contributed by atoms with Crippen LogP contribution in [0.1, 0.15) is 29.1 Å². The van der Waals surface area contributed by atoms with Gasteiger partial charge >= 0.3 is 0 Å². The number of nitrogens with one attached hydrogen (secondary N) is 2. The molecule has 0 aliphatic carbocycles. The van der Waals surface area contributed by atoms with Gasteiger partial charge in [0.2, 0.25) is 0 Å². The topological polar surface area (TPSA) is 75.1 Å². The van der Waals surface area contributed by atoms with Crippen LogP contribution in [0.5, 0.6) is 0 Å². The van der Waals surface area contributed by atoms with Gasteiger partial charge in [-0.25, -0.2) is 0 Å². The largest absolute Gasteiger partial charge is 0.467 e. The maximum absolute atomic E-state index is 12.4. The average Bonchev–Trinajstić information content (AvgIpc) is 3.02. The van der Waals surface area contributed by atoms with Crippen molar-refractivity contribution in [2.24, 2.45) is 0 Å². The monoisotopic (exact) mass is 282 g/mol. The van der Waals surface area contributed by atoms with Crippen molar-refractivity contribution in [3.05, 3.63) is 70.5 Å². The highest BCUT2D eigenvalue weighted by atomic mass is 16.3. The summed E-state index contributed by atoms with van der Waals surface area (Å²) in [6.45, 7) is 1.84. The SMILES string of the molecule is C[C@@H](NC(=O)c1c[nH]c(=O)c2ccccc12)c1ccco1. The van der Waals surface area contributed by atoms with Crippen LogP contribution in [-0.2, 0) is 0 Å². The fourth-order valence-corrected chi connectivity index (χ4v) is 2.28. The van der Waals surface area contributed by atoms with E-state index in [4.69, 9.17) is 4.42 Å². The van der Waals surface area contributed by atoms with E-state index in [1.807, 2.05) is 6.92 Å². The maximum Gasteiger partial charge on any atom is 0.255 e. The van der Waals surface area contributed by atoms with Gasteiger partial charge < -0.3 is 14.7 Å². The van der Waals surface area contributed by atoms with Gasteiger partial charge in [0.1, 0.15) is 5.76 Å². The number of hydrogen-bond donors (Lipinski definition) is 2. The molecule has 0 saturated heterocycles. The van der Waals surface area contributed by atoms with E-state index in [1.165, 1.54) is 6.20 Å². The summed E-state index contributed by atoms with van der Waals surface area (Å²) in [4.78, 5) is 26.8. The third-order valence-electron chi connectivity index (χ3n) is 3.37. The number of aromatic amines is 1. The number of H-pyrrole nitrogens is 1. The van der Waals surface area contributed by atoms with Crippen molar-refractivity contribution >= 4 is 16.7 Å². The first-order chi connectivity index (χ1) is 10.2. The molecule has 2 heterocycles. The Balaban J connectivity index is 1.95. The van der Waals surface area contributed by atoms with Crippen molar-refractivity contribution in [3.63, 3.8) is 0 Å². The molecular weight excluding hydrogens is 268 g/mol. The van der Waals surface area contributed by atoms with Crippen LogP contribution in [0, 0.1) is 0 Å². The molecule has 21 heavy (non-hydrogen) atoms. The highest BCUT2D eigenvalue weighted by Gasteiger charge is 2.16. The molecule has 1 amide bonds. The number of fused-ring (bicyclic) bond motifs is 1. The minimum atomic E-state index is -0.258. The maximum atomic E-state index is 12.4. The Bertz CT molecular complexity index is 834. The quantitative estimate of drug-likeness (QED) is 0.775. The van der Waals surface area contributed by atoms with Crippen molar-refractivity contribution in [2.75, 3.05) is 0 Å². The molecule has 0 radical (unpaired) electrons. The number of amides is 1. The van der Waals surface area contributed by atoms with Crippen molar-refractivity contribution in [1.82, 2.24) is 10.3 Å². The molecule has 106 valence electrons. The van der Waals surface area contributed by atoms with Gasteiger partial charge in [0.25, 0.3) is 11.5 Å². The van der Waals surface area contributed by atoms with Gasteiger partial charge in [0.05, 0.1) is 17.9 Å². The zero-order chi connectivity index (χ0) is 14.8. The molecule has 2 aromatic heterocycles. The smallest absolute Gasteiger partial charge is 0.255 e. The average molecular weight is 282 g/mol. The van der Waals surface area contributed by atoms with Gasteiger partial charge in [0.15, 0.2) is 0 Å². The highest BCUT2D eigenvalue weighted by molar-refractivity contribution is 6.06. The summed E-state index contributed by atoms with van der Waals surface area (Å²) in [5.74, 6) is 0.420. The van der Waals surface area contributed by atoms with Crippen LogP contribution < -0.4 is 10.9 Å². The number of hydrogen-bond acceptors (Lipinski definition) is 3. The van der Waals surface area contributed by atoms with Crippen LogP contribution in [-0.4, -0.2) is 10.9 Å². The molecule has 0 spiro atoms. The highest BCUT2D eigenvalue weighted by Crippen LogP contribution is 2.17. The molecule has 0 unspecified atom stereocenters. The van der Waals surface area contributed by atoms with E-state index in [0.717, 1.165) is 0 Å². The summed E-state index contributed by atoms with van der Waals surface area (Å²) >= 11 is 0. The Morgan fingerprint density at radius 2 is 1.95 bits per heavy atom. The number of pyridine rings is 1. The van der Waals surface area contributed by atoms with Crippen LogP contribution in [0.3, 0.4) is 0 Å². The van der Waals surface area contributed by atoms with Crippen molar-refractivity contribution in [2.45, 2.75) is 13.0 Å². The first-order valence-electron chi connectivity index (χ1n) is 6.61. The molecular formula is C16H14N2O3. The Kier molecular flexibility index (Phi) is 3.31. The molecule has 2 N–H and O–H groups in total. The van der Waals surface area contributed by atoms with Gasteiger partial charge in [0, 0.05) is 17.0 Å². The van der Waals surface area contributed by atoms with E-state index in [0.29, 0.717) is 22.1 Å². The minimum absolute atomic E-state index is 0.207. The zero-order valence-electron chi connectivity index (χ0n) is 11.4. The van der Waals surface area contributed by atoms with E-state index >= 15 is 0 Å². The van der Waals surface area contributed by atoms with Crippen LogP contribution in [0.2, 0.25) is 0 Å². The van der Waals surface area contributed by atoms with Gasteiger partial charge in [-0.05, 0) is 25.1 Å². The van der Waals surface area contributed by atoms with Gasteiger partial charge in [-0.1, -0.05) is 18.2 Å². The minimum Gasteiger partial charge on any atom is -0.467 e. The lowest BCUT2D eigenvalue weighted by molar-refractivity contribution is 0.0936. The first-order valence-corrected chi connectivity index (χ1v) is 6.61. The summed E-state index contributed by atoms with van der Waals surface area (Å²) in [5.41, 5.74) is 0.227. The van der Waals surface area contributed by atoms with E-state index in [9.17, 15) is 9.59 Å². The molecule has 1 atom stereocenters. The predicted molar refractivity (Wildman–Crippen MR) is 79.2 cm³/mol. The molecule has 3 aromatic rings. The second-order valence-electron chi connectivity index (χ2n) is 4.79. The van der Waals surface area contributed by atoms with Crippen LogP contribution >= 0.6 is 0 Å². The summed E-state index contributed by atoms with van der Waals surface area (Å²) in [6, 6.07) is 10.3. The molecule has 3 rings (SSSR count). The molecule has 0 aliphatic rings. The fraction of sp³-hybridized carbons (Fsp3) is 0.125. The molecule has 0 bridgehead atoms. The third-order valence-corrected chi connectivity index (χ3v) is 3.37. The summed E-state index contributed by atoms with van der Waals surface area (Å²) in [5, 5.41) is 3.98. The number of furan rings is 1. The van der Waals surface area contributed by atoms with E-state index < -0.39 is 0 Å². The standard InChI is InChI=1S/C16H14N2O3/c1-10(14-7-4-8-21-14)18-16(20)13-9-17-15(19)12-6-3-2-5-11(12)13/h2-10H,1H3,(H,17,19)(H,18,20)/t10-/m1/s1. The van der Waals surface area contributed by atoms with E-state index in [2.05, 4.69) is 10.3 Å². The van der Waals surface area contributed by atoms with Crippen molar-refractivity contribution in [1.29, 1.82) is 0 Å². The molecule has 0 aliphatic heterocycles. The normalized spacial score (nSPS) is 12.2. The number of carbonyl (C=O) groups excluding carboxylic acids is 1. The number of carbonyl (C=O) groups is 1. The zero-order valence-corrected chi connectivity index (χ0v) is 11.4. The lowest BCUT2D eigenvalue weighted by Crippen LogP contribution is -2.27. The molecule has 0 fully saturated rings. The molecule has 5 heteroatoms. The van der Waals surface area contributed by atoms with E-state index in [1.54, 1.807) is 42.7 Å². The van der Waals surface area contributed by atoms with E-state index in [-0.39, 0.29) is 17.5 Å². The second-order valence-corrected chi connectivity index (χ2v) is 4.79. The summed E-state index contributed by atoms with van der Waals surface area (Å²) < 4.78 is 5.27. The number of rotatable bonds is 3. The Hall–Kier alpha value is -2.82. The van der Waals surface area contributed by atoms with Crippen molar-refractivity contribution in [3.8, 4) is 0 Å². The fourth-order valence-electron chi connectivity index (χ4n) is 2.28. The van der Waals surface area contributed by atoms with Crippen molar-refractivity contribution < 1.29 is 9.21 Å². The molecule has 5 nitrogen and oxygen atoms in total. The lowest BCUT2D eigenvalue weighted by atomic mass is 10.1. The third kappa shape index (κ3) is 2.45. The number of benzene rings is 1. The lowest BCUT2D eigenvalue weighted by Gasteiger charge is -2.12. The molecule has 0 saturated carbocycles. The predicted octanol–water partition coefficient (Wildman–Crippen LogP) is 2.61. The van der Waals surface area contributed by atoms with Gasteiger partial charge in [-0.15, -0.1) is 0 Å². The summed E-state index contributed by atoms with van der Waals surface area (Å²) in [6.07, 6.45) is 3.00. The Morgan fingerprint density at radius 3 is 2.67 bits per heavy atom. The van der Waals surface area contributed by atoms with Gasteiger partial charge in [-0.2, -0.15) is 0 Å². The van der Waals surface area contributed by atoms with Crippen LogP contribution in [0.4, 0.5) is 0 Å². The Morgan fingerprint density at radius 1 is 1.19 bits per heavy atom. The second kappa shape index (κ2) is 5.28. The Labute approximate surface area is 120 Å². The van der Waals surface area contributed by atoms with Crippen LogP contribution in [0.15, 0.2) is 58.1 Å². The number of aromatic nitrogens is 1. The first kappa shape index (κ1) is 13.2. The summed E-state index contributed by atoms with van der Waals surface area (Å²) in [7, 11) is 0. The molecule has 1 aromatic carbocycles. The van der Waals surface area contributed by atoms with Crippen LogP contribution in [0.25, 0.3) is 10.8 Å².